The van der Waals surface area contributed by atoms with Gasteiger partial charge in [-0.15, -0.1) is 0 Å². The second-order valence-electron chi connectivity index (χ2n) is 6.48. The lowest BCUT2D eigenvalue weighted by Gasteiger charge is -2.29. The molecule has 142 valence electrons. The number of sulfone groups is 1. The highest BCUT2D eigenvalue weighted by molar-refractivity contribution is 7.91. The Morgan fingerprint density at radius 3 is 2.69 bits per heavy atom. The molecular weight excluding hydrogens is 378 g/mol. The summed E-state index contributed by atoms with van der Waals surface area (Å²) in [4.78, 5) is 1.96. The summed E-state index contributed by atoms with van der Waals surface area (Å²) >= 11 is 5.84. The Hall–Kier alpha value is -1.54. The standard InChI is InChI=1S/C18H22ClNO5S/c19-14-3-5-17(6-4-14)25-12-16(21)10-20(11-18-2-1-8-24-18)15-7-9-26(22,23)13-15/h1-6,8,15-16,21H,7,9-13H2/t15-,16-/m1/s1. The summed E-state index contributed by atoms with van der Waals surface area (Å²) in [5, 5.41) is 11.0. The molecule has 0 aliphatic carbocycles. The first-order valence-electron chi connectivity index (χ1n) is 8.44. The normalized spacial score (nSPS) is 20.3. The van der Waals surface area contributed by atoms with Gasteiger partial charge in [0.2, 0.25) is 0 Å². The average molecular weight is 400 g/mol. The fraction of sp³-hybridized carbons (Fsp3) is 0.444. The zero-order valence-corrected chi connectivity index (χ0v) is 15.8. The second kappa shape index (κ2) is 8.43. The number of benzene rings is 1. The van der Waals surface area contributed by atoms with Crippen molar-refractivity contribution in [1.29, 1.82) is 0 Å². The number of aliphatic hydroxyl groups is 1. The number of rotatable bonds is 8. The summed E-state index contributed by atoms with van der Waals surface area (Å²) in [5.41, 5.74) is 0. The maximum Gasteiger partial charge on any atom is 0.151 e. The van der Waals surface area contributed by atoms with E-state index in [-0.39, 0.29) is 24.2 Å². The molecule has 1 aromatic heterocycles. The molecule has 0 radical (unpaired) electrons. The highest BCUT2D eigenvalue weighted by Gasteiger charge is 2.33. The van der Waals surface area contributed by atoms with Crippen LogP contribution in [0.25, 0.3) is 0 Å². The number of furan rings is 1. The molecule has 2 heterocycles. The topological polar surface area (TPSA) is 80.0 Å². The summed E-state index contributed by atoms with van der Waals surface area (Å²) in [6.07, 6.45) is 1.39. The molecule has 8 heteroatoms. The smallest absolute Gasteiger partial charge is 0.151 e. The summed E-state index contributed by atoms with van der Waals surface area (Å²) in [6.45, 7) is 0.857. The maximum absolute atomic E-state index is 11.8. The van der Waals surface area contributed by atoms with E-state index in [0.29, 0.717) is 30.3 Å². The minimum atomic E-state index is -3.01. The van der Waals surface area contributed by atoms with E-state index < -0.39 is 15.9 Å². The van der Waals surface area contributed by atoms with Crippen molar-refractivity contribution in [3.8, 4) is 5.75 Å². The molecule has 0 bridgehead atoms. The summed E-state index contributed by atoms with van der Waals surface area (Å²) in [7, 11) is -3.01. The van der Waals surface area contributed by atoms with E-state index in [1.54, 1.807) is 36.6 Å². The molecule has 2 aromatic rings. The van der Waals surface area contributed by atoms with E-state index in [4.69, 9.17) is 20.8 Å². The minimum absolute atomic E-state index is 0.107. The van der Waals surface area contributed by atoms with Gasteiger partial charge in [-0.3, -0.25) is 4.90 Å². The molecule has 0 spiro atoms. The summed E-state index contributed by atoms with van der Waals surface area (Å²) in [6, 6.07) is 10.4. The van der Waals surface area contributed by atoms with Gasteiger partial charge in [-0.2, -0.15) is 0 Å². The van der Waals surface area contributed by atoms with Gasteiger partial charge < -0.3 is 14.3 Å². The Morgan fingerprint density at radius 1 is 1.31 bits per heavy atom. The number of nitrogens with zero attached hydrogens (tertiary/aromatic N) is 1. The molecule has 3 rings (SSSR count). The van der Waals surface area contributed by atoms with Crippen LogP contribution in [0.15, 0.2) is 47.1 Å². The van der Waals surface area contributed by atoms with Crippen LogP contribution < -0.4 is 4.74 Å². The van der Waals surface area contributed by atoms with Crippen LogP contribution in [0.2, 0.25) is 5.02 Å². The molecule has 26 heavy (non-hydrogen) atoms. The number of ether oxygens (including phenoxy) is 1. The van der Waals surface area contributed by atoms with Crippen molar-refractivity contribution in [2.45, 2.75) is 25.1 Å². The van der Waals surface area contributed by atoms with Crippen LogP contribution in [0.4, 0.5) is 0 Å². The first-order chi connectivity index (χ1) is 12.4. The van der Waals surface area contributed by atoms with Crippen molar-refractivity contribution in [3.63, 3.8) is 0 Å². The van der Waals surface area contributed by atoms with Crippen molar-refractivity contribution < 1.29 is 22.7 Å². The predicted octanol–water partition coefficient (Wildman–Crippen LogP) is 2.36. The van der Waals surface area contributed by atoms with E-state index in [2.05, 4.69) is 0 Å². The van der Waals surface area contributed by atoms with E-state index in [9.17, 15) is 13.5 Å². The van der Waals surface area contributed by atoms with Gasteiger partial charge in [0.15, 0.2) is 9.84 Å². The van der Waals surface area contributed by atoms with Crippen molar-refractivity contribution in [2.24, 2.45) is 0 Å². The van der Waals surface area contributed by atoms with Crippen molar-refractivity contribution in [3.05, 3.63) is 53.4 Å². The third-order valence-corrected chi connectivity index (χ3v) is 6.37. The number of halogens is 1. The van der Waals surface area contributed by atoms with Crippen LogP contribution in [0.3, 0.4) is 0 Å². The van der Waals surface area contributed by atoms with Crippen LogP contribution in [-0.2, 0) is 16.4 Å². The van der Waals surface area contributed by atoms with Gasteiger partial charge in [0.1, 0.15) is 24.2 Å². The van der Waals surface area contributed by atoms with Crippen LogP contribution in [-0.4, -0.2) is 55.2 Å². The Balaban J connectivity index is 1.59. The lowest BCUT2D eigenvalue weighted by atomic mass is 10.2. The lowest BCUT2D eigenvalue weighted by Crippen LogP contribution is -2.42. The molecule has 0 amide bonds. The highest BCUT2D eigenvalue weighted by atomic mass is 35.5. The van der Waals surface area contributed by atoms with Crippen molar-refractivity contribution >= 4 is 21.4 Å². The van der Waals surface area contributed by atoms with Gasteiger partial charge in [0.25, 0.3) is 0 Å². The molecular formula is C18H22ClNO5S. The fourth-order valence-electron chi connectivity index (χ4n) is 3.06. The second-order valence-corrected chi connectivity index (χ2v) is 9.15. The Morgan fingerprint density at radius 2 is 2.08 bits per heavy atom. The minimum Gasteiger partial charge on any atom is -0.491 e. The lowest BCUT2D eigenvalue weighted by molar-refractivity contribution is 0.0497. The molecule has 0 unspecified atom stereocenters. The van der Waals surface area contributed by atoms with Gasteiger partial charge in [0, 0.05) is 17.6 Å². The molecule has 1 fully saturated rings. The first-order valence-corrected chi connectivity index (χ1v) is 10.6. The van der Waals surface area contributed by atoms with Gasteiger partial charge in [-0.05, 0) is 42.8 Å². The third kappa shape index (κ3) is 5.48. The quantitative estimate of drug-likeness (QED) is 0.734. The van der Waals surface area contributed by atoms with Crippen LogP contribution in [0.5, 0.6) is 5.75 Å². The number of hydrogen-bond acceptors (Lipinski definition) is 6. The average Bonchev–Trinajstić information content (AvgIpc) is 3.23. The van der Waals surface area contributed by atoms with Crippen molar-refractivity contribution in [1.82, 2.24) is 4.90 Å². The molecule has 1 N–H and O–H groups in total. The van der Waals surface area contributed by atoms with E-state index in [0.717, 1.165) is 5.76 Å². The first kappa shape index (κ1) is 19.2. The van der Waals surface area contributed by atoms with Gasteiger partial charge in [-0.1, -0.05) is 11.6 Å². The van der Waals surface area contributed by atoms with Gasteiger partial charge in [-0.25, -0.2) is 8.42 Å². The molecule has 1 aliphatic rings. The summed E-state index contributed by atoms with van der Waals surface area (Å²) < 4.78 is 34.6. The molecule has 0 saturated carbocycles. The van der Waals surface area contributed by atoms with Gasteiger partial charge in [0.05, 0.1) is 24.3 Å². The third-order valence-electron chi connectivity index (χ3n) is 4.37. The van der Waals surface area contributed by atoms with Crippen LogP contribution in [0.1, 0.15) is 12.2 Å². The molecule has 2 atom stereocenters. The zero-order valence-electron chi connectivity index (χ0n) is 14.3. The van der Waals surface area contributed by atoms with E-state index in [1.165, 1.54) is 0 Å². The monoisotopic (exact) mass is 399 g/mol. The Labute approximate surface area is 158 Å². The van der Waals surface area contributed by atoms with Crippen LogP contribution in [0, 0.1) is 0 Å². The van der Waals surface area contributed by atoms with Gasteiger partial charge >= 0.3 is 0 Å². The fourth-order valence-corrected chi connectivity index (χ4v) is 4.94. The molecule has 1 aliphatic heterocycles. The Bertz CT molecular complexity index is 791. The Kier molecular flexibility index (Phi) is 6.24. The van der Waals surface area contributed by atoms with Crippen LogP contribution >= 0.6 is 11.6 Å². The van der Waals surface area contributed by atoms with Crippen molar-refractivity contribution in [2.75, 3.05) is 24.7 Å². The molecule has 1 saturated heterocycles. The largest absolute Gasteiger partial charge is 0.491 e. The maximum atomic E-state index is 11.8. The molecule has 6 nitrogen and oxygen atoms in total. The molecule has 1 aromatic carbocycles. The van der Waals surface area contributed by atoms with E-state index >= 15 is 0 Å². The highest BCUT2D eigenvalue weighted by Crippen LogP contribution is 2.21. The number of aliphatic hydroxyl groups excluding tert-OH is 1. The zero-order chi connectivity index (χ0) is 18.6. The predicted molar refractivity (Wildman–Crippen MR) is 99.1 cm³/mol. The SMILES string of the molecule is O=S1(=O)CC[C@@H](N(Cc2ccco2)C[C@@H](O)COc2ccc(Cl)cc2)C1. The number of hydrogen-bond donors (Lipinski definition) is 1. The summed E-state index contributed by atoms with van der Waals surface area (Å²) in [5.74, 6) is 1.65. The van der Waals surface area contributed by atoms with E-state index in [1.807, 2.05) is 11.0 Å².